The molecule has 3 heteroatoms. The zero-order valence-electron chi connectivity index (χ0n) is 10.7. The van der Waals surface area contributed by atoms with Crippen molar-refractivity contribution in [1.29, 1.82) is 0 Å². The van der Waals surface area contributed by atoms with Crippen molar-refractivity contribution in [2.24, 2.45) is 0 Å². The van der Waals surface area contributed by atoms with Crippen LogP contribution in [0.4, 0.5) is 11.4 Å². The van der Waals surface area contributed by atoms with Gasteiger partial charge in [0.05, 0.1) is 12.2 Å². The number of nitrogens with zero attached hydrogens (tertiary/aromatic N) is 1. The van der Waals surface area contributed by atoms with E-state index >= 15 is 0 Å². The van der Waals surface area contributed by atoms with Crippen molar-refractivity contribution in [3.63, 3.8) is 0 Å². The normalized spacial score (nSPS) is 29.9. The van der Waals surface area contributed by atoms with E-state index < -0.39 is 0 Å². The van der Waals surface area contributed by atoms with Gasteiger partial charge in [0.15, 0.2) is 0 Å². The molecule has 18 heavy (non-hydrogen) atoms. The Labute approximate surface area is 108 Å². The van der Waals surface area contributed by atoms with E-state index in [1.807, 2.05) is 0 Å². The third kappa shape index (κ3) is 1.77. The SMILES string of the molecule is c1cc2c(cc1N1CC3CCC(C1)O3)NCCC2. The van der Waals surface area contributed by atoms with Crippen LogP contribution >= 0.6 is 0 Å². The van der Waals surface area contributed by atoms with Crippen LogP contribution in [0, 0.1) is 0 Å². The fraction of sp³-hybridized carbons (Fsp3) is 0.600. The monoisotopic (exact) mass is 244 g/mol. The predicted molar refractivity (Wildman–Crippen MR) is 73.4 cm³/mol. The van der Waals surface area contributed by atoms with Crippen LogP contribution in [-0.2, 0) is 11.2 Å². The first kappa shape index (κ1) is 10.7. The second kappa shape index (κ2) is 4.16. The molecular weight excluding hydrogens is 224 g/mol. The lowest BCUT2D eigenvalue weighted by Gasteiger charge is -2.34. The number of anilines is 2. The molecule has 3 aliphatic heterocycles. The van der Waals surface area contributed by atoms with Gasteiger partial charge < -0.3 is 15.0 Å². The maximum absolute atomic E-state index is 5.90. The first-order valence-corrected chi connectivity index (χ1v) is 7.16. The van der Waals surface area contributed by atoms with Crippen molar-refractivity contribution < 1.29 is 4.74 Å². The summed E-state index contributed by atoms with van der Waals surface area (Å²) in [7, 11) is 0. The molecule has 3 heterocycles. The molecule has 0 spiro atoms. The molecule has 1 aromatic rings. The number of morpholine rings is 1. The van der Waals surface area contributed by atoms with Crippen LogP contribution in [0.5, 0.6) is 0 Å². The summed E-state index contributed by atoms with van der Waals surface area (Å²) in [6.07, 6.45) is 5.89. The summed E-state index contributed by atoms with van der Waals surface area (Å²) in [6.45, 7) is 3.25. The van der Waals surface area contributed by atoms with Crippen LogP contribution in [0.3, 0.4) is 0 Å². The Hall–Kier alpha value is -1.22. The Bertz CT molecular complexity index is 448. The summed E-state index contributed by atoms with van der Waals surface area (Å²) in [5, 5.41) is 3.52. The largest absolute Gasteiger partial charge is 0.385 e. The van der Waals surface area contributed by atoms with Gasteiger partial charge in [0.2, 0.25) is 0 Å². The molecule has 0 aromatic heterocycles. The van der Waals surface area contributed by atoms with E-state index in [2.05, 4.69) is 28.4 Å². The first-order chi connectivity index (χ1) is 8.88. The Balaban J connectivity index is 1.60. The summed E-state index contributed by atoms with van der Waals surface area (Å²) in [5.74, 6) is 0. The van der Waals surface area contributed by atoms with Gasteiger partial charge in [-0.2, -0.15) is 0 Å². The molecule has 0 aliphatic carbocycles. The molecule has 2 unspecified atom stereocenters. The van der Waals surface area contributed by atoms with Crippen LogP contribution in [-0.4, -0.2) is 31.8 Å². The van der Waals surface area contributed by atoms with Crippen molar-refractivity contribution in [2.75, 3.05) is 29.9 Å². The minimum atomic E-state index is 0.466. The fourth-order valence-corrected chi connectivity index (χ4v) is 3.47. The minimum Gasteiger partial charge on any atom is -0.385 e. The van der Waals surface area contributed by atoms with Crippen molar-refractivity contribution >= 4 is 11.4 Å². The Morgan fingerprint density at radius 3 is 2.83 bits per heavy atom. The number of hydrogen-bond acceptors (Lipinski definition) is 3. The van der Waals surface area contributed by atoms with Crippen molar-refractivity contribution in [2.45, 2.75) is 37.9 Å². The van der Waals surface area contributed by atoms with Gasteiger partial charge in [-0.25, -0.2) is 0 Å². The van der Waals surface area contributed by atoms with Gasteiger partial charge in [0.25, 0.3) is 0 Å². The maximum atomic E-state index is 5.90. The lowest BCUT2D eigenvalue weighted by atomic mass is 10.0. The molecule has 0 radical (unpaired) electrons. The van der Waals surface area contributed by atoms with Crippen LogP contribution in [0.15, 0.2) is 18.2 Å². The van der Waals surface area contributed by atoms with E-state index in [0.717, 1.165) is 19.6 Å². The Kier molecular flexibility index (Phi) is 2.47. The molecule has 2 atom stereocenters. The molecule has 3 aliphatic rings. The quantitative estimate of drug-likeness (QED) is 0.821. The topological polar surface area (TPSA) is 24.5 Å². The average molecular weight is 244 g/mol. The number of aryl methyl sites for hydroxylation is 1. The first-order valence-electron chi connectivity index (χ1n) is 7.16. The highest BCUT2D eigenvalue weighted by molar-refractivity contribution is 5.63. The Morgan fingerprint density at radius 2 is 2.00 bits per heavy atom. The van der Waals surface area contributed by atoms with Gasteiger partial charge in [-0.3, -0.25) is 0 Å². The third-order valence-corrected chi connectivity index (χ3v) is 4.44. The number of benzene rings is 1. The number of hydrogen-bond donors (Lipinski definition) is 1. The molecule has 3 nitrogen and oxygen atoms in total. The van der Waals surface area contributed by atoms with E-state index in [0.29, 0.717) is 12.2 Å². The predicted octanol–water partition coefficient (Wildman–Crippen LogP) is 2.41. The van der Waals surface area contributed by atoms with Gasteiger partial charge in [0.1, 0.15) is 0 Å². The molecular formula is C15H20N2O. The average Bonchev–Trinajstić information content (AvgIpc) is 2.77. The fourth-order valence-electron chi connectivity index (χ4n) is 3.47. The molecule has 0 amide bonds. The zero-order chi connectivity index (χ0) is 11.9. The lowest BCUT2D eigenvalue weighted by Crippen LogP contribution is -2.42. The van der Waals surface area contributed by atoms with Crippen LogP contribution in [0.1, 0.15) is 24.8 Å². The Morgan fingerprint density at radius 1 is 1.17 bits per heavy atom. The highest BCUT2D eigenvalue weighted by atomic mass is 16.5. The van der Waals surface area contributed by atoms with E-state index in [-0.39, 0.29) is 0 Å². The maximum Gasteiger partial charge on any atom is 0.0755 e. The van der Waals surface area contributed by atoms with Crippen molar-refractivity contribution in [3.8, 4) is 0 Å². The molecule has 2 saturated heterocycles. The van der Waals surface area contributed by atoms with Gasteiger partial charge >= 0.3 is 0 Å². The highest BCUT2D eigenvalue weighted by Gasteiger charge is 2.33. The molecule has 4 rings (SSSR count). The second-order valence-electron chi connectivity index (χ2n) is 5.73. The number of ether oxygens (including phenoxy) is 1. The summed E-state index contributed by atoms with van der Waals surface area (Å²) in [5.41, 5.74) is 4.18. The van der Waals surface area contributed by atoms with Gasteiger partial charge in [-0.15, -0.1) is 0 Å². The standard InChI is InChI=1S/C15H20N2O/c1-2-11-3-4-12(8-15(11)16-7-1)17-9-13-5-6-14(10-17)18-13/h3-4,8,13-14,16H,1-2,5-7,9-10H2. The van der Waals surface area contributed by atoms with E-state index in [4.69, 9.17) is 4.74 Å². The molecule has 2 bridgehead atoms. The number of fused-ring (bicyclic) bond motifs is 3. The molecule has 2 fully saturated rings. The highest BCUT2D eigenvalue weighted by Crippen LogP contribution is 2.32. The third-order valence-electron chi connectivity index (χ3n) is 4.44. The van der Waals surface area contributed by atoms with Gasteiger partial charge in [0, 0.05) is 31.0 Å². The second-order valence-corrected chi connectivity index (χ2v) is 5.73. The summed E-state index contributed by atoms with van der Waals surface area (Å²) < 4.78 is 5.90. The molecule has 1 N–H and O–H groups in total. The summed E-state index contributed by atoms with van der Waals surface area (Å²) >= 11 is 0. The van der Waals surface area contributed by atoms with Gasteiger partial charge in [-0.1, -0.05) is 6.07 Å². The number of nitrogens with one attached hydrogen (secondary N) is 1. The molecule has 96 valence electrons. The minimum absolute atomic E-state index is 0.466. The lowest BCUT2D eigenvalue weighted by molar-refractivity contribution is 0.0305. The van der Waals surface area contributed by atoms with E-state index in [1.54, 1.807) is 0 Å². The van der Waals surface area contributed by atoms with E-state index in [9.17, 15) is 0 Å². The smallest absolute Gasteiger partial charge is 0.0755 e. The number of rotatable bonds is 1. The van der Waals surface area contributed by atoms with Crippen LogP contribution < -0.4 is 10.2 Å². The summed E-state index contributed by atoms with van der Waals surface area (Å²) in [6, 6.07) is 6.92. The zero-order valence-corrected chi connectivity index (χ0v) is 10.7. The van der Waals surface area contributed by atoms with Gasteiger partial charge in [-0.05, 0) is 43.4 Å². The van der Waals surface area contributed by atoms with E-state index in [1.165, 1.54) is 42.6 Å². The van der Waals surface area contributed by atoms with Crippen molar-refractivity contribution in [1.82, 2.24) is 0 Å². The van der Waals surface area contributed by atoms with Crippen LogP contribution in [0.2, 0.25) is 0 Å². The van der Waals surface area contributed by atoms with Crippen LogP contribution in [0.25, 0.3) is 0 Å². The molecule has 1 aromatic carbocycles. The molecule has 0 saturated carbocycles. The summed E-state index contributed by atoms with van der Waals surface area (Å²) in [4.78, 5) is 2.50. The van der Waals surface area contributed by atoms with Crippen molar-refractivity contribution in [3.05, 3.63) is 23.8 Å².